The van der Waals surface area contributed by atoms with Crippen molar-refractivity contribution in [3.8, 4) is 0 Å². The van der Waals surface area contributed by atoms with Gasteiger partial charge in [0.25, 0.3) is 0 Å². The summed E-state index contributed by atoms with van der Waals surface area (Å²) in [6, 6.07) is 2.71. The first-order valence-electron chi connectivity index (χ1n) is 7.25. The van der Waals surface area contributed by atoms with E-state index in [1.807, 2.05) is 6.92 Å². The molecule has 1 fully saturated rings. The lowest BCUT2D eigenvalue weighted by Crippen LogP contribution is -2.45. The van der Waals surface area contributed by atoms with E-state index in [2.05, 4.69) is 10.2 Å². The topological polar surface area (TPSA) is 15.3 Å². The number of piperazine rings is 1. The highest BCUT2D eigenvalue weighted by Crippen LogP contribution is 2.38. The van der Waals surface area contributed by atoms with Gasteiger partial charge in [-0.05, 0) is 24.1 Å². The molecule has 0 amide bonds. The fourth-order valence-corrected chi connectivity index (χ4v) is 2.87. The van der Waals surface area contributed by atoms with Gasteiger partial charge in [-0.1, -0.05) is 19.4 Å². The summed E-state index contributed by atoms with van der Waals surface area (Å²) in [6.07, 6.45) is -3.12. The van der Waals surface area contributed by atoms with Crippen LogP contribution in [0, 0.1) is 5.82 Å². The van der Waals surface area contributed by atoms with Gasteiger partial charge < -0.3 is 5.32 Å². The van der Waals surface area contributed by atoms with Gasteiger partial charge in [-0.2, -0.15) is 13.2 Å². The zero-order valence-electron chi connectivity index (χ0n) is 12.4. The van der Waals surface area contributed by atoms with Crippen LogP contribution in [0.25, 0.3) is 0 Å². The van der Waals surface area contributed by atoms with E-state index in [1.54, 1.807) is 0 Å². The smallest absolute Gasteiger partial charge is 0.314 e. The molecule has 0 spiro atoms. The van der Waals surface area contributed by atoms with Crippen LogP contribution in [0.5, 0.6) is 0 Å². The summed E-state index contributed by atoms with van der Waals surface area (Å²) < 4.78 is 52.8. The normalized spacial score (nSPS) is 17.9. The lowest BCUT2D eigenvalue weighted by atomic mass is 9.94. The molecule has 0 saturated carbocycles. The fraction of sp³-hybridized carbons (Fsp3) is 0.600. The van der Waals surface area contributed by atoms with Gasteiger partial charge in [0.15, 0.2) is 0 Å². The lowest BCUT2D eigenvalue weighted by Gasteiger charge is -2.36. The summed E-state index contributed by atoms with van der Waals surface area (Å²) >= 11 is 0. The van der Waals surface area contributed by atoms with E-state index >= 15 is 0 Å². The minimum absolute atomic E-state index is 0. The molecule has 1 N–H and O–H groups in total. The second kappa shape index (κ2) is 8.13. The monoisotopic (exact) mass is 340 g/mol. The maximum Gasteiger partial charge on any atom is 0.416 e. The first-order valence-corrected chi connectivity index (χ1v) is 7.25. The van der Waals surface area contributed by atoms with Gasteiger partial charge in [0.05, 0.1) is 5.56 Å². The molecule has 126 valence electrons. The Labute approximate surface area is 134 Å². The molecule has 2 rings (SSSR count). The molecule has 7 heteroatoms. The summed E-state index contributed by atoms with van der Waals surface area (Å²) in [5, 5.41) is 3.19. The Kier molecular flexibility index (Phi) is 7.09. The van der Waals surface area contributed by atoms with Crippen molar-refractivity contribution in [2.45, 2.75) is 32.0 Å². The predicted molar refractivity (Wildman–Crippen MR) is 80.7 cm³/mol. The van der Waals surface area contributed by atoms with E-state index in [1.165, 1.54) is 6.07 Å². The van der Waals surface area contributed by atoms with Crippen molar-refractivity contribution in [2.75, 3.05) is 26.2 Å². The number of nitrogens with one attached hydrogen (secondary N) is 1. The molecule has 0 aromatic heterocycles. The van der Waals surface area contributed by atoms with Crippen molar-refractivity contribution in [3.63, 3.8) is 0 Å². The van der Waals surface area contributed by atoms with E-state index in [9.17, 15) is 17.6 Å². The van der Waals surface area contributed by atoms with E-state index in [4.69, 9.17) is 0 Å². The molecule has 1 heterocycles. The van der Waals surface area contributed by atoms with Crippen LogP contribution < -0.4 is 5.32 Å². The molecule has 0 bridgehead atoms. The third-order valence-electron chi connectivity index (χ3n) is 3.83. The van der Waals surface area contributed by atoms with Crippen molar-refractivity contribution in [3.05, 3.63) is 35.1 Å². The molecular formula is C15H21ClF4N2. The summed E-state index contributed by atoms with van der Waals surface area (Å²) in [5.74, 6) is -0.846. The van der Waals surface area contributed by atoms with Crippen LogP contribution in [-0.2, 0) is 6.18 Å². The highest BCUT2D eigenvalue weighted by atomic mass is 35.5. The molecule has 1 aromatic carbocycles. The Balaban J connectivity index is 0.00000242. The standard InChI is InChI=1S/C15H20F4N2.ClH/c1-2-3-14(21-8-6-20-7-9-21)12-5-4-11(16)10-13(12)15(17,18)19;/h4-5,10,14,20H,2-3,6-9H2,1H3;1H/t14-;/m0./s1. The van der Waals surface area contributed by atoms with Crippen LogP contribution in [0.2, 0.25) is 0 Å². The maximum absolute atomic E-state index is 13.2. The number of rotatable bonds is 4. The Morgan fingerprint density at radius 3 is 2.41 bits per heavy atom. The summed E-state index contributed by atoms with van der Waals surface area (Å²) in [5.41, 5.74) is -0.660. The van der Waals surface area contributed by atoms with Crippen LogP contribution in [0.3, 0.4) is 0 Å². The first-order chi connectivity index (χ1) is 9.93. The van der Waals surface area contributed by atoms with Gasteiger partial charge in [0.2, 0.25) is 0 Å². The largest absolute Gasteiger partial charge is 0.416 e. The third-order valence-corrected chi connectivity index (χ3v) is 3.83. The lowest BCUT2D eigenvalue weighted by molar-refractivity contribution is -0.139. The summed E-state index contributed by atoms with van der Waals surface area (Å²) in [7, 11) is 0. The number of hydrogen-bond donors (Lipinski definition) is 1. The van der Waals surface area contributed by atoms with Gasteiger partial charge in [-0.25, -0.2) is 4.39 Å². The predicted octanol–water partition coefficient (Wildman–Crippen LogP) is 4.01. The number of benzene rings is 1. The minimum Gasteiger partial charge on any atom is -0.314 e. The number of hydrogen-bond acceptors (Lipinski definition) is 2. The van der Waals surface area contributed by atoms with Crippen LogP contribution >= 0.6 is 12.4 Å². The van der Waals surface area contributed by atoms with E-state index in [0.29, 0.717) is 25.6 Å². The molecule has 0 radical (unpaired) electrons. The molecule has 1 aliphatic rings. The highest BCUT2D eigenvalue weighted by molar-refractivity contribution is 5.85. The van der Waals surface area contributed by atoms with E-state index in [-0.39, 0.29) is 24.0 Å². The van der Waals surface area contributed by atoms with Crippen molar-refractivity contribution < 1.29 is 17.6 Å². The average Bonchev–Trinajstić information content (AvgIpc) is 2.45. The van der Waals surface area contributed by atoms with Crippen molar-refractivity contribution in [2.24, 2.45) is 0 Å². The SMILES string of the molecule is CCC[C@@H](c1ccc(F)cc1C(F)(F)F)N1CCNCC1.Cl. The first kappa shape index (κ1) is 19.2. The van der Waals surface area contributed by atoms with Crippen molar-refractivity contribution in [1.29, 1.82) is 0 Å². The van der Waals surface area contributed by atoms with Crippen LogP contribution in [-0.4, -0.2) is 31.1 Å². The van der Waals surface area contributed by atoms with Gasteiger partial charge in [0.1, 0.15) is 5.82 Å². The summed E-state index contributed by atoms with van der Waals surface area (Å²) in [4.78, 5) is 2.06. The van der Waals surface area contributed by atoms with Gasteiger partial charge in [-0.15, -0.1) is 12.4 Å². The van der Waals surface area contributed by atoms with E-state index in [0.717, 1.165) is 25.6 Å². The van der Waals surface area contributed by atoms with Crippen molar-refractivity contribution >= 4 is 12.4 Å². The van der Waals surface area contributed by atoms with Crippen molar-refractivity contribution in [1.82, 2.24) is 10.2 Å². The van der Waals surface area contributed by atoms with Crippen LogP contribution in [0.4, 0.5) is 17.6 Å². The molecule has 22 heavy (non-hydrogen) atoms. The van der Waals surface area contributed by atoms with Crippen LogP contribution in [0.1, 0.15) is 36.9 Å². The number of halogens is 5. The Hall–Kier alpha value is -0.850. The van der Waals surface area contributed by atoms with Gasteiger partial charge >= 0.3 is 6.18 Å². The Morgan fingerprint density at radius 1 is 1.23 bits per heavy atom. The molecule has 0 aliphatic carbocycles. The van der Waals surface area contributed by atoms with Crippen LogP contribution in [0.15, 0.2) is 18.2 Å². The second-order valence-corrected chi connectivity index (χ2v) is 5.32. The molecular weight excluding hydrogens is 320 g/mol. The Bertz CT molecular complexity index is 473. The molecule has 2 nitrogen and oxygen atoms in total. The maximum atomic E-state index is 13.2. The number of alkyl halides is 3. The third kappa shape index (κ3) is 4.57. The Morgan fingerprint density at radius 2 is 1.86 bits per heavy atom. The molecule has 0 unspecified atom stereocenters. The minimum atomic E-state index is -4.53. The second-order valence-electron chi connectivity index (χ2n) is 5.32. The number of nitrogens with zero attached hydrogens (tertiary/aromatic N) is 1. The zero-order valence-corrected chi connectivity index (χ0v) is 13.2. The summed E-state index contributed by atoms with van der Waals surface area (Å²) in [6.45, 7) is 4.90. The zero-order chi connectivity index (χ0) is 15.5. The average molecular weight is 341 g/mol. The molecule has 1 aromatic rings. The molecule has 1 aliphatic heterocycles. The quantitative estimate of drug-likeness (QED) is 0.833. The molecule has 1 atom stereocenters. The highest BCUT2D eigenvalue weighted by Gasteiger charge is 2.37. The van der Waals surface area contributed by atoms with E-state index < -0.39 is 17.6 Å². The van der Waals surface area contributed by atoms with Gasteiger partial charge in [0, 0.05) is 32.2 Å². The fourth-order valence-electron chi connectivity index (χ4n) is 2.87. The molecule has 1 saturated heterocycles. The van der Waals surface area contributed by atoms with Gasteiger partial charge in [-0.3, -0.25) is 4.90 Å².